The highest BCUT2D eigenvalue weighted by Crippen LogP contribution is 2.29. The van der Waals surface area contributed by atoms with E-state index in [1.54, 1.807) is 19.1 Å². The van der Waals surface area contributed by atoms with Gasteiger partial charge in [0.05, 0.1) is 5.92 Å². The predicted molar refractivity (Wildman–Crippen MR) is 100 cm³/mol. The molecule has 2 aliphatic rings. The average molecular weight is 387 g/mol. The van der Waals surface area contributed by atoms with Crippen LogP contribution in [-0.4, -0.2) is 58.4 Å². The fourth-order valence-electron chi connectivity index (χ4n) is 3.89. The number of likely N-dealkylation sites (tertiary alicyclic amines) is 1. The van der Waals surface area contributed by atoms with Crippen LogP contribution in [0.15, 0.2) is 24.3 Å². The number of carbonyl (C=O) groups excluding carboxylic acids is 3. The van der Waals surface area contributed by atoms with Gasteiger partial charge in [0.1, 0.15) is 12.1 Å². The maximum Gasteiger partial charge on any atom is 0.325 e. The third-order valence-electron chi connectivity index (χ3n) is 5.56. The van der Waals surface area contributed by atoms with Gasteiger partial charge in [0.2, 0.25) is 5.91 Å². The number of nitrogens with zero attached hydrogens (tertiary/aromatic N) is 2. The number of piperidine rings is 1. The van der Waals surface area contributed by atoms with Gasteiger partial charge < -0.3 is 15.3 Å². The molecule has 1 aromatic carbocycles. The Morgan fingerprint density at radius 2 is 1.86 bits per heavy atom. The minimum atomic E-state index is -1.23. The molecule has 1 aromatic rings. The highest BCUT2D eigenvalue weighted by atomic mass is 16.4. The number of hydrogen-bond donors (Lipinski definition) is 2. The number of benzene rings is 1. The van der Waals surface area contributed by atoms with E-state index in [-0.39, 0.29) is 12.5 Å². The average Bonchev–Trinajstić information content (AvgIpc) is 2.85. The van der Waals surface area contributed by atoms with Crippen molar-refractivity contribution in [2.45, 2.75) is 32.7 Å². The standard InChI is InChI=1S/C20H25N3O5/c1-12-4-6-15(7-5-12)20(3)18(27)23(19(28)21-20)11-16(24)22-9-13(2)8-14(10-22)17(25)26/h4-7,13-14H,8-11H2,1-3H3,(H,21,28)(H,25,26). The minimum absolute atomic E-state index is 0.0414. The van der Waals surface area contributed by atoms with Crippen molar-refractivity contribution in [1.29, 1.82) is 0 Å². The fraction of sp³-hybridized carbons (Fsp3) is 0.500. The summed E-state index contributed by atoms with van der Waals surface area (Å²) < 4.78 is 0. The lowest BCUT2D eigenvalue weighted by atomic mass is 9.90. The van der Waals surface area contributed by atoms with Gasteiger partial charge in [-0.25, -0.2) is 4.79 Å². The van der Waals surface area contributed by atoms with E-state index in [1.807, 2.05) is 26.0 Å². The van der Waals surface area contributed by atoms with Gasteiger partial charge in [-0.1, -0.05) is 36.8 Å². The van der Waals surface area contributed by atoms with Gasteiger partial charge in [0.15, 0.2) is 0 Å². The summed E-state index contributed by atoms with van der Waals surface area (Å²) in [7, 11) is 0. The molecule has 2 heterocycles. The van der Waals surface area contributed by atoms with E-state index in [0.29, 0.717) is 18.5 Å². The van der Waals surface area contributed by atoms with E-state index in [1.165, 1.54) is 4.90 Å². The first-order chi connectivity index (χ1) is 13.1. The molecular formula is C20H25N3O5. The molecule has 8 heteroatoms. The molecule has 0 bridgehead atoms. The lowest BCUT2D eigenvalue weighted by Crippen LogP contribution is -2.50. The van der Waals surface area contributed by atoms with Crippen molar-refractivity contribution in [2.75, 3.05) is 19.6 Å². The van der Waals surface area contributed by atoms with Crippen molar-refractivity contribution in [1.82, 2.24) is 15.1 Å². The minimum Gasteiger partial charge on any atom is -0.481 e. The molecule has 3 unspecified atom stereocenters. The SMILES string of the molecule is Cc1ccc(C2(C)NC(=O)N(CC(=O)N3CC(C)CC(C(=O)O)C3)C2=O)cc1. The number of amides is 4. The van der Waals surface area contributed by atoms with E-state index in [2.05, 4.69) is 5.32 Å². The molecule has 3 atom stereocenters. The molecule has 0 saturated carbocycles. The van der Waals surface area contributed by atoms with E-state index >= 15 is 0 Å². The summed E-state index contributed by atoms with van der Waals surface area (Å²) in [5.41, 5.74) is 0.441. The summed E-state index contributed by atoms with van der Waals surface area (Å²) >= 11 is 0. The molecule has 2 aliphatic heterocycles. The number of carboxylic acid groups (broad SMARTS) is 1. The number of carboxylic acids is 1. The summed E-state index contributed by atoms with van der Waals surface area (Å²) in [6, 6.07) is 6.65. The van der Waals surface area contributed by atoms with Crippen molar-refractivity contribution in [3.63, 3.8) is 0 Å². The first-order valence-corrected chi connectivity index (χ1v) is 9.33. The van der Waals surface area contributed by atoms with E-state index in [9.17, 15) is 24.3 Å². The highest BCUT2D eigenvalue weighted by molar-refractivity contribution is 6.09. The Bertz CT molecular complexity index is 822. The van der Waals surface area contributed by atoms with Crippen LogP contribution >= 0.6 is 0 Å². The summed E-state index contributed by atoms with van der Waals surface area (Å²) in [6.45, 7) is 5.55. The first kappa shape index (κ1) is 19.9. The number of aryl methyl sites for hydroxylation is 1. The van der Waals surface area contributed by atoms with Crippen LogP contribution in [-0.2, 0) is 19.9 Å². The molecule has 0 radical (unpaired) electrons. The molecule has 0 spiro atoms. The fourth-order valence-corrected chi connectivity index (χ4v) is 3.89. The third-order valence-corrected chi connectivity index (χ3v) is 5.56. The number of nitrogens with one attached hydrogen (secondary N) is 1. The molecule has 150 valence electrons. The zero-order valence-corrected chi connectivity index (χ0v) is 16.3. The highest BCUT2D eigenvalue weighted by Gasteiger charge is 2.50. The molecule has 0 aromatic heterocycles. The molecule has 4 amide bonds. The van der Waals surface area contributed by atoms with Crippen LogP contribution in [0.5, 0.6) is 0 Å². The summed E-state index contributed by atoms with van der Waals surface area (Å²) in [6.07, 6.45) is 0.508. The van der Waals surface area contributed by atoms with Crippen LogP contribution in [0.1, 0.15) is 31.4 Å². The van der Waals surface area contributed by atoms with Gasteiger partial charge in [-0.3, -0.25) is 19.3 Å². The second kappa shape index (κ2) is 7.26. The quantitative estimate of drug-likeness (QED) is 0.758. The van der Waals surface area contributed by atoms with Gasteiger partial charge in [-0.05, 0) is 31.7 Å². The van der Waals surface area contributed by atoms with Gasteiger partial charge in [-0.2, -0.15) is 0 Å². The molecule has 0 aliphatic carbocycles. The smallest absolute Gasteiger partial charge is 0.325 e. The molecule has 3 rings (SSSR count). The van der Waals surface area contributed by atoms with Crippen LogP contribution in [0, 0.1) is 18.8 Å². The summed E-state index contributed by atoms with van der Waals surface area (Å²) in [4.78, 5) is 51.8. The van der Waals surface area contributed by atoms with Crippen LogP contribution in [0.2, 0.25) is 0 Å². The Hall–Kier alpha value is -2.90. The molecule has 8 nitrogen and oxygen atoms in total. The molecule has 2 N–H and O–H groups in total. The topological polar surface area (TPSA) is 107 Å². The number of hydrogen-bond acceptors (Lipinski definition) is 4. The number of rotatable bonds is 4. The zero-order valence-electron chi connectivity index (χ0n) is 16.3. The van der Waals surface area contributed by atoms with Gasteiger partial charge in [0.25, 0.3) is 5.91 Å². The Morgan fingerprint density at radius 3 is 2.46 bits per heavy atom. The van der Waals surface area contributed by atoms with Crippen LogP contribution in [0.4, 0.5) is 4.79 Å². The predicted octanol–water partition coefficient (Wildman–Crippen LogP) is 1.33. The molecule has 2 saturated heterocycles. The number of carbonyl (C=O) groups is 4. The number of urea groups is 1. The van der Waals surface area contributed by atoms with Crippen molar-refractivity contribution in [3.05, 3.63) is 35.4 Å². The van der Waals surface area contributed by atoms with Gasteiger partial charge in [-0.15, -0.1) is 0 Å². The van der Waals surface area contributed by atoms with Crippen LogP contribution in [0.25, 0.3) is 0 Å². The zero-order chi connectivity index (χ0) is 20.6. The lowest BCUT2D eigenvalue weighted by molar-refractivity contribution is -0.148. The summed E-state index contributed by atoms with van der Waals surface area (Å²) in [5, 5.41) is 12.0. The second-order valence-electron chi connectivity index (χ2n) is 7.99. The third kappa shape index (κ3) is 3.58. The Morgan fingerprint density at radius 1 is 1.21 bits per heavy atom. The maximum atomic E-state index is 13.0. The molecular weight excluding hydrogens is 362 g/mol. The van der Waals surface area contributed by atoms with E-state index in [4.69, 9.17) is 0 Å². The van der Waals surface area contributed by atoms with Crippen molar-refractivity contribution < 1.29 is 24.3 Å². The number of imide groups is 1. The summed E-state index contributed by atoms with van der Waals surface area (Å²) in [5.74, 6) is -2.44. The Labute approximate surface area is 163 Å². The van der Waals surface area contributed by atoms with Gasteiger partial charge in [0, 0.05) is 13.1 Å². The van der Waals surface area contributed by atoms with Crippen molar-refractivity contribution >= 4 is 23.8 Å². The molecule has 2 fully saturated rings. The van der Waals surface area contributed by atoms with E-state index < -0.39 is 41.8 Å². The molecule has 28 heavy (non-hydrogen) atoms. The lowest BCUT2D eigenvalue weighted by Gasteiger charge is -2.35. The maximum absolute atomic E-state index is 13.0. The van der Waals surface area contributed by atoms with Gasteiger partial charge >= 0.3 is 12.0 Å². The normalized spacial score (nSPS) is 27.7. The second-order valence-corrected chi connectivity index (χ2v) is 7.99. The van der Waals surface area contributed by atoms with Crippen molar-refractivity contribution in [2.24, 2.45) is 11.8 Å². The van der Waals surface area contributed by atoms with Crippen molar-refractivity contribution in [3.8, 4) is 0 Å². The Kier molecular flexibility index (Phi) is 5.14. The first-order valence-electron chi connectivity index (χ1n) is 9.33. The van der Waals surface area contributed by atoms with Crippen LogP contribution < -0.4 is 5.32 Å². The Balaban J connectivity index is 1.74. The van der Waals surface area contributed by atoms with E-state index in [0.717, 1.165) is 10.5 Å². The largest absolute Gasteiger partial charge is 0.481 e. The monoisotopic (exact) mass is 387 g/mol. The van der Waals surface area contributed by atoms with Crippen LogP contribution in [0.3, 0.4) is 0 Å². The number of aliphatic carboxylic acids is 1.